The van der Waals surface area contributed by atoms with Gasteiger partial charge in [0, 0.05) is 33.3 Å². The molecule has 0 aliphatic rings. The van der Waals surface area contributed by atoms with Crippen molar-refractivity contribution in [2.24, 2.45) is 0 Å². The predicted octanol–water partition coefficient (Wildman–Crippen LogP) is 16.1. The van der Waals surface area contributed by atoms with Crippen LogP contribution in [0.2, 0.25) is 0 Å². The van der Waals surface area contributed by atoms with Gasteiger partial charge in [-0.1, -0.05) is 194 Å². The smallest absolute Gasteiger partial charge is 0.0562 e. The lowest BCUT2D eigenvalue weighted by Gasteiger charge is -2.29. The number of benzene rings is 10. The highest BCUT2D eigenvalue weighted by molar-refractivity contribution is 6.11. The summed E-state index contributed by atoms with van der Waals surface area (Å²) in [5.74, 6) is 0. The van der Waals surface area contributed by atoms with Crippen LogP contribution >= 0.6 is 0 Å². The first-order valence-electron chi connectivity index (χ1n) is 20.6. The van der Waals surface area contributed by atoms with Crippen molar-refractivity contribution in [1.82, 2.24) is 4.57 Å². The number of hydrogen-bond acceptors (Lipinski definition) is 1. The van der Waals surface area contributed by atoms with E-state index < -0.39 is 0 Å². The quantitative estimate of drug-likeness (QED) is 0.150. The van der Waals surface area contributed by atoms with E-state index in [1.807, 2.05) is 0 Å². The summed E-state index contributed by atoms with van der Waals surface area (Å²) in [4.78, 5) is 2.42. The molecule has 0 amide bonds. The molecule has 0 radical (unpaired) electrons. The Morgan fingerprint density at radius 1 is 0.283 bits per heavy atom. The van der Waals surface area contributed by atoms with Crippen LogP contribution in [0.3, 0.4) is 0 Å². The maximum absolute atomic E-state index is 2.47. The molecule has 282 valence electrons. The summed E-state index contributed by atoms with van der Waals surface area (Å²) in [6.45, 7) is 0. The maximum Gasteiger partial charge on any atom is 0.0562 e. The molecule has 0 aliphatic carbocycles. The Kier molecular flexibility index (Phi) is 8.87. The van der Waals surface area contributed by atoms with E-state index in [9.17, 15) is 0 Å². The highest BCUT2D eigenvalue weighted by Gasteiger charge is 2.22. The first kappa shape index (κ1) is 35.2. The van der Waals surface area contributed by atoms with Crippen molar-refractivity contribution in [1.29, 1.82) is 0 Å². The second kappa shape index (κ2) is 15.1. The second-order valence-electron chi connectivity index (χ2n) is 15.3. The SMILES string of the molecule is c1ccc(-c2ccccc2-c2ccc(N(c3ccccc3)c3ccc4c5ccccc5n(-c5ccccc5-c5cccc6ccccc56)c4c3)c(-c3ccccc3)c2)cc1. The van der Waals surface area contributed by atoms with Gasteiger partial charge in [-0.25, -0.2) is 0 Å². The van der Waals surface area contributed by atoms with Crippen molar-refractivity contribution >= 4 is 49.6 Å². The van der Waals surface area contributed by atoms with E-state index in [2.05, 4.69) is 252 Å². The molecule has 0 atom stereocenters. The highest BCUT2D eigenvalue weighted by Crippen LogP contribution is 2.46. The Bertz CT molecular complexity index is 3300. The zero-order chi connectivity index (χ0) is 39.8. The topological polar surface area (TPSA) is 8.17 Å². The van der Waals surface area contributed by atoms with Crippen LogP contribution in [0.5, 0.6) is 0 Å². The number of fused-ring (bicyclic) bond motifs is 4. The molecule has 2 heteroatoms. The minimum absolute atomic E-state index is 1.08. The average Bonchev–Trinajstić information content (AvgIpc) is 3.66. The Morgan fingerprint density at radius 2 is 0.833 bits per heavy atom. The van der Waals surface area contributed by atoms with Crippen molar-refractivity contribution in [2.45, 2.75) is 0 Å². The van der Waals surface area contributed by atoms with Gasteiger partial charge < -0.3 is 9.47 Å². The molecule has 11 aromatic rings. The lowest BCUT2D eigenvalue weighted by atomic mass is 9.91. The van der Waals surface area contributed by atoms with E-state index in [0.29, 0.717) is 0 Å². The number of nitrogens with zero attached hydrogens (tertiary/aromatic N) is 2. The zero-order valence-corrected chi connectivity index (χ0v) is 33.0. The Balaban J connectivity index is 1.15. The molecule has 10 aromatic carbocycles. The van der Waals surface area contributed by atoms with Crippen LogP contribution in [-0.2, 0) is 0 Å². The molecule has 0 spiro atoms. The van der Waals surface area contributed by atoms with Gasteiger partial charge in [0.2, 0.25) is 0 Å². The van der Waals surface area contributed by atoms with E-state index in [-0.39, 0.29) is 0 Å². The largest absolute Gasteiger partial charge is 0.310 e. The van der Waals surface area contributed by atoms with E-state index in [0.717, 1.165) is 39.4 Å². The van der Waals surface area contributed by atoms with Crippen LogP contribution in [0.15, 0.2) is 243 Å². The first-order chi connectivity index (χ1) is 29.8. The Morgan fingerprint density at radius 3 is 1.60 bits per heavy atom. The molecule has 2 nitrogen and oxygen atoms in total. The van der Waals surface area contributed by atoms with Crippen LogP contribution < -0.4 is 4.90 Å². The standard InChI is InChI=1S/C58H40N2/c1-4-19-41(20-5-1)47-27-12-13-29-49(47)44-35-38-57(54(39-44)43-21-6-2-7-22-43)59(45-25-8-3-9-26-45)46-36-37-53-52-31-15-17-34-56(52)60(58(53)40-46)55-33-16-14-30-51(55)50-32-18-24-42-23-10-11-28-48(42)50/h1-40H. The molecule has 0 N–H and O–H groups in total. The molecule has 0 unspecified atom stereocenters. The molecule has 0 saturated heterocycles. The molecule has 60 heavy (non-hydrogen) atoms. The molecule has 11 rings (SSSR count). The predicted molar refractivity (Wildman–Crippen MR) is 255 cm³/mol. The molecule has 1 aromatic heterocycles. The van der Waals surface area contributed by atoms with Crippen molar-refractivity contribution in [3.8, 4) is 50.2 Å². The van der Waals surface area contributed by atoms with Crippen LogP contribution in [0.4, 0.5) is 17.1 Å². The lowest BCUT2D eigenvalue weighted by molar-refractivity contribution is 1.18. The van der Waals surface area contributed by atoms with Gasteiger partial charge in [0.15, 0.2) is 0 Å². The summed E-state index contributed by atoms with van der Waals surface area (Å²) in [6, 6.07) is 87.9. The van der Waals surface area contributed by atoms with E-state index in [4.69, 9.17) is 0 Å². The normalized spacial score (nSPS) is 11.3. The van der Waals surface area contributed by atoms with Gasteiger partial charge in [0.1, 0.15) is 0 Å². The molecule has 1 heterocycles. The van der Waals surface area contributed by atoms with Gasteiger partial charge in [0.05, 0.1) is 22.4 Å². The van der Waals surface area contributed by atoms with Gasteiger partial charge >= 0.3 is 0 Å². The molecule has 0 saturated carbocycles. The second-order valence-corrected chi connectivity index (χ2v) is 15.3. The fourth-order valence-corrected chi connectivity index (χ4v) is 9.07. The summed E-state index contributed by atoms with van der Waals surface area (Å²) in [7, 11) is 0. The van der Waals surface area contributed by atoms with E-state index in [1.54, 1.807) is 0 Å². The fraction of sp³-hybridized carbons (Fsp3) is 0. The van der Waals surface area contributed by atoms with Crippen molar-refractivity contribution in [3.63, 3.8) is 0 Å². The van der Waals surface area contributed by atoms with Crippen molar-refractivity contribution in [3.05, 3.63) is 243 Å². The summed E-state index contributed by atoms with van der Waals surface area (Å²) < 4.78 is 2.47. The van der Waals surface area contributed by atoms with Crippen LogP contribution in [0, 0.1) is 0 Å². The molecule has 0 fully saturated rings. The van der Waals surface area contributed by atoms with E-state index in [1.165, 1.54) is 60.4 Å². The minimum Gasteiger partial charge on any atom is -0.310 e. The monoisotopic (exact) mass is 764 g/mol. The van der Waals surface area contributed by atoms with Gasteiger partial charge in [-0.05, 0) is 92.7 Å². The summed E-state index contributed by atoms with van der Waals surface area (Å²) in [5.41, 5.74) is 16.3. The van der Waals surface area contributed by atoms with Gasteiger partial charge in [-0.2, -0.15) is 0 Å². The fourth-order valence-electron chi connectivity index (χ4n) is 9.07. The van der Waals surface area contributed by atoms with E-state index >= 15 is 0 Å². The van der Waals surface area contributed by atoms with Crippen molar-refractivity contribution in [2.75, 3.05) is 4.90 Å². The first-order valence-corrected chi connectivity index (χ1v) is 20.6. The molecular formula is C58H40N2. The zero-order valence-electron chi connectivity index (χ0n) is 33.0. The number of aromatic nitrogens is 1. The van der Waals surface area contributed by atoms with Crippen LogP contribution in [0.1, 0.15) is 0 Å². The average molecular weight is 765 g/mol. The van der Waals surface area contributed by atoms with Gasteiger partial charge in [-0.3, -0.25) is 0 Å². The number of hydrogen-bond donors (Lipinski definition) is 0. The molecule has 0 bridgehead atoms. The van der Waals surface area contributed by atoms with Crippen LogP contribution in [-0.4, -0.2) is 4.57 Å². The number of anilines is 3. The summed E-state index contributed by atoms with van der Waals surface area (Å²) in [5, 5.41) is 4.92. The third kappa shape index (κ3) is 6.14. The summed E-state index contributed by atoms with van der Waals surface area (Å²) >= 11 is 0. The molecule has 0 aliphatic heterocycles. The minimum atomic E-state index is 1.08. The van der Waals surface area contributed by atoms with Crippen molar-refractivity contribution < 1.29 is 0 Å². The van der Waals surface area contributed by atoms with Gasteiger partial charge in [0.25, 0.3) is 0 Å². The third-order valence-corrected chi connectivity index (χ3v) is 11.8. The molecular weight excluding hydrogens is 725 g/mol. The number of para-hydroxylation sites is 3. The summed E-state index contributed by atoms with van der Waals surface area (Å²) in [6.07, 6.45) is 0. The van der Waals surface area contributed by atoms with Gasteiger partial charge in [-0.15, -0.1) is 0 Å². The lowest BCUT2D eigenvalue weighted by Crippen LogP contribution is -2.11. The Hall–Kier alpha value is -7.94. The highest BCUT2D eigenvalue weighted by atomic mass is 15.1. The maximum atomic E-state index is 2.47. The Labute approximate surface area is 350 Å². The third-order valence-electron chi connectivity index (χ3n) is 11.8. The van der Waals surface area contributed by atoms with Crippen LogP contribution in [0.25, 0.3) is 82.8 Å². The number of rotatable bonds is 8.